The fourth-order valence-corrected chi connectivity index (χ4v) is 4.72. The normalized spacial score (nSPS) is 10.1. The van der Waals surface area contributed by atoms with Crippen LogP contribution in [0, 0.1) is 11.6 Å². The van der Waals surface area contributed by atoms with E-state index < -0.39 is 11.6 Å². The second-order valence-corrected chi connectivity index (χ2v) is 11.3. The number of pyridine rings is 2. The molecule has 0 aliphatic heterocycles. The van der Waals surface area contributed by atoms with E-state index in [-0.39, 0.29) is 11.5 Å². The standard InChI is InChI=1S/C21H21FN2O2.C15H16FNO2.C6H5NO/c1-3-15-6-8-20(21(11-15)25-2)26-19-9-7-17(12-18(19)22)24-14-16-5-4-10-23-13-16;1-3-10-4-6-14(15(8-10)18-2)19-13-7-5-11(17)9-12(13)16;8-5-6-2-1-3-7-4-6/h4-13,24H,3,14H2,1-2H3;4-9H,3,17H2,1-2H3;1-5H. The number of aromatic nitrogens is 2. The summed E-state index contributed by atoms with van der Waals surface area (Å²) in [5.41, 5.74) is 10.4. The summed E-state index contributed by atoms with van der Waals surface area (Å²) in [4.78, 5) is 17.7. The van der Waals surface area contributed by atoms with Crippen LogP contribution < -0.4 is 30.0 Å². The van der Waals surface area contributed by atoms with Crippen LogP contribution in [0.4, 0.5) is 20.2 Å². The van der Waals surface area contributed by atoms with Gasteiger partial charge in [-0.3, -0.25) is 14.8 Å². The lowest BCUT2D eigenvalue weighted by atomic mass is 10.1. The number of aryl methyl sites for hydroxylation is 2. The molecule has 0 radical (unpaired) electrons. The molecule has 9 nitrogen and oxygen atoms in total. The molecule has 4 aromatic carbocycles. The predicted octanol–water partition coefficient (Wildman–Crippen LogP) is 9.86. The number of anilines is 2. The van der Waals surface area contributed by atoms with Crippen LogP contribution >= 0.6 is 0 Å². The molecule has 53 heavy (non-hydrogen) atoms. The number of benzene rings is 4. The molecule has 3 N–H and O–H groups in total. The molecule has 6 aromatic rings. The Labute approximate surface area is 308 Å². The number of aldehydes is 1. The maximum atomic E-state index is 14.4. The van der Waals surface area contributed by atoms with Crippen molar-refractivity contribution in [1.82, 2.24) is 9.97 Å². The number of carbonyl (C=O) groups is 1. The lowest BCUT2D eigenvalue weighted by Crippen LogP contribution is -2.00. The van der Waals surface area contributed by atoms with Crippen LogP contribution in [0.3, 0.4) is 0 Å². The van der Waals surface area contributed by atoms with Gasteiger partial charge in [-0.05, 0) is 96.3 Å². The van der Waals surface area contributed by atoms with Gasteiger partial charge in [-0.15, -0.1) is 0 Å². The first-order valence-corrected chi connectivity index (χ1v) is 16.8. The molecule has 0 atom stereocenters. The van der Waals surface area contributed by atoms with Crippen molar-refractivity contribution >= 4 is 17.7 Å². The minimum atomic E-state index is -0.498. The number of nitrogen functional groups attached to an aromatic ring is 1. The summed E-state index contributed by atoms with van der Waals surface area (Å²) in [7, 11) is 3.13. The maximum Gasteiger partial charge on any atom is 0.169 e. The van der Waals surface area contributed by atoms with Gasteiger partial charge in [0.15, 0.2) is 52.4 Å². The Morgan fingerprint density at radius 3 is 1.64 bits per heavy atom. The van der Waals surface area contributed by atoms with Gasteiger partial charge in [-0.25, -0.2) is 8.78 Å². The highest BCUT2D eigenvalue weighted by Gasteiger charge is 2.12. The second-order valence-electron chi connectivity index (χ2n) is 11.3. The first-order valence-electron chi connectivity index (χ1n) is 16.8. The van der Waals surface area contributed by atoms with Crippen LogP contribution in [0.1, 0.15) is 40.9 Å². The molecule has 0 bridgehead atoms. The Bertz CT molecular complexity index is 2050. The van der Waals surface area contributed by atoms with E-state index in [1.54, 1.807) is 75.3 Å². The number of hydrogen-bond donors (Lipinski definition) is 2. The van der Waals surface area contributed by atoms with Crippen molar-refractivity contribution in [2.45, 2.75) is 33.2 Å². The molecule has 0 aliphatic carbocycles. The molecule has 11 heteroatoms. The van der Waals surface area contributed by atoms with Crippen molar-refractivity contribution in [3.63, 3.8) is 0 Å². The third-order valence-electron chi connectivity index (χ3n) is 7.64. The number of carbonyl (C=O) groups excluding carboxylic acids is 1. The Morgan fingerprint density at radius 1 is 0.642 bits per heavy atom. The van der Waals surface area contributed by atoms with Crippen molar-refractivity contribution < 1.29 is 32.5 Å². The highest BCUT2D eigenvalue weighted by molar-refractivity contribution is 5.73. The molecule has 2 aromatic heterocycles. The van der Waals surface area contributed by atoms with Crippen molar-refractivity contribution in [2.75, 3.05) is 25.3 Å². The topological polar surface area (TPSA) is 118 Å². The van der Waals surface area contributed by atoms with Crippen LogP contribution in [0.5, 0.6) is 34.5 Å². The van der Waals surface area contributed by atoms with Crippen LogP contribution in [0.15, 0.2) is 122 Å². The van der Waals surface area contributed by atoms with E-state index in [1.807, 2.05) is 36.4 Å². The molecule has 6 rings (SSSR count). The number of rotatable bonds is 12. The lowest BCUT2D eigenvalue weighted by Gasteiger charge is -2.13. The first kappa shape index (κ1) is 39.3. The number of halogens is 2. The van der Waals surface area contributed by atoms with Crippen molar-refractivity contribution in [3.8, 4) is 34.5 Å². The molecular weight excluding hydrogens is 678 g/mol. The number of ether oxygens (including phenoxy) is 4. The van der Waals surface area contributed by atoms with E-state index >= 15 is 0 Å². The maximum absolute atomic E-state index is 14.4. The van der Waals surface area contributed by atoms with Crippen LogP contribution in [-0.4, -0.2) is 30.5 Å². The van der Waals surface area contributed by atoms with Crippen molar-refractivity contribution in [2.24, 2.45) is 0 Å². The molecule has 0 unspecified atom stereocenters. The minimum absolute atomic E-state index is 0.122. The zero-order chi connectivity index (χ0) is 38.0. The lowest BCUT2D eigenvalue weighted by molar-refractivity contribution is 0.112. The third-order valence-corrected chi connectivity index (χ3v) is 7.64. The van der Waals surface area contributed by atoms with Gasteiger partial charge < -0.3 is 30.0 Å². The number of nitrogens with one attached hydrogen (secondary N) is 1. The van der Waals surface area contributed by atoms with Gasteiger partial charge in [0.25, 0.3) is 0 Å². The van der Waals surface area contributed by atoms with E-state index in [4.69, 9.17) is 24.7 Å². The molecular formula is C42H42F2N4O5. The van der Waals surface area contributed by atoms with Gasteiger partial charge in [0.2, 0.25) is 0 Å². The third kappa shape index (κ3) is 12.1. The SMILES string of the molecule is CCc1ccc(Oc2ccc(N)cc2F)c(OC)c1.CCc1ccc(Oc2ccc(NCc3cccnc3)cc2F)c(OC)c1.O=Cc1cccnc1. The zero-order valence-corrected chi connectivity index (χ0v) is 30.0. The molecule has 0 spiro atoms. The summed E-state index contributed by atoms with van der Waals surface area (Å²) in [6.07, 6.45) is 9.20. The number of methoxy groups -OCH3 is 2. The van der Waals surface area contributed by atoms with Crippen LogP contribution in [-0.2, 0) is 19.4 Å². The Morgan fingerprint density at radius 2 is 1.19 bits per heavy atom. The molecule has 0 saturated carbocycles. The van der Waals surface area contributed by atoms with Crippen molar-refractivity contribution in [3.05, 3.63) is 156 Å². The average Bonchev–Trinajstić information content (AvgIpc) is 3.20. The highest BCUT2D eigenvalue weighted by atomic mass is 19.1. The van der Waals surface area contributed by atoms with E-state index in [0.29, 0.717) is 46.5 Å². The van der Waals surface area contributed by atoms with Gasteiger partial charge in [-0.2, -0.15) is 0 Å². The fourth-order valence-electron chi connectivity index (χ4n) is 4.72. The molecule has 0 saturated heterocycles. The molecule has 2 heterocycles. The number of nitrogens with two attached hydrogens (primary N) is 1. The Balaban J connectivity index is 0.000000202. The van der Waals surface area contributed by atoms with Crippen LogP contribution in [0.25, 0.3) is 0 Å². The highest BCUT2D eigenvalue weighted by Crippen LogP contribution is 2.35. The monoisotopic (exact) mass is 720 g/mol. The summed E-state index contributed by atoms with van der Waals surface area (Å²) in [6, 6.07) is 27.6. The molecule has 274 valence electrons. The summed E-state index contributed by atoms with van der Waals surface area (Å²) in [6.45, 7) is 4.68. The van der Waals surface area contributed by atoms with E-state index in [2.05, 4.69) is 29.1 Å². The quantitative estimate of drug-likeness (QED) is 0.0941. The largest absolute Gasteiger partial charge is 0.493 e. The van der Waals surface area contributed by atoms with Gasteiger partial charge >= 0.3 is 0 Å². The van der Waals surface area contributed by atoms with Crippen molar-refractivity contribution in [1.29, 1.82) is 0 Å². The van der Waals surface area contributed by atoms with Gasteiger partial charge in [0, 0.05) is 60.4 Å². The van der Waals surface area contributed by atoms with Gasteiger partial charge in [-0.1, -0.05) is 32.0 Å². The van der Waals surface area contributed by atoms with Crippen LogP contribution in [0.2, 0.25) is 0 Å². The van der Waals surface area contributed by atoms with Gasteiger partial charge in [0.05, 0.1) is 14.2 Å². The summed E-state index contributed by atoms with van der Waals surface area (Å²) in [5.74, 6) is 1.46. The van der Waals surface area contributed by atoms with E-state index in [9.17, 15) is 13.6 Å². The smallest absolute Gasteiger partial charge is 0.169 e. The predicted molar refractivity (Wildman–Crippen MR) is 203 cm³/mol. The molecule has 0 fully saturated rings. The van der Waals surface area contributed by atoms with Gasteiger partial charge in [0.1, 0.15) is 0 Å². The molecule has 0 aliphatic rings. The second kappa shape index (κ2) is 20.4. The summed E-state index contributed by atoms with van der Waals surface area (Å²) < 4.78 is 49.9. The van der Waals surface area contributed by atoms with E-state index in [0.717, 1.165) is 35.8 Å². The number of hydrogen-bond acceptors (Lipinski definition) is 9. The zero-order valence-electron chi connectivity index (χ0n) is 30.0. The average molecular weight is 721 g/mol. The molecule has 0 amide bonds. The first-order chi connectivity index (χ1) is 25.8. The summed E-state index contributed by atoms with van der Waals surface area (Å²) >= 11 is 0. The minimum Gasteiger partial charge on any atom is -0.493 e. The fraction of sp³-hybridized carbons (Fsp3) is 0.167. The summed E-state index contributed by atoms with van der Waals surface area (Å²) in [5, 5.41) is 3.17. The van der Waals surface area contributed by atoms with E-state index in [1.165, 1.54) is 24.4 Å². The Hall–Kier alpha value is -6.49. The number of nitrogens with zero attached hydrogens (tertiary/aromatic N) is 2. The Kier molecular flexibility index (Phi) is 15.1.